The molecule has 0 bridgehead atoms. The first-order chi connectivity index (χ1) is 9.58. The van der Waals surface area contributed by atoms with Crippen molar-refractivity contribution in [3.63, 3.8) is 0 Å². The summed E-state index contributed by atoms with van der Waals surface area (Å²) >= 11 is 0. The van der Waals surface area contributed by atoms with E-state index in [9.17, 15) is 5.11 Å². The maximum Gasteiger partial charge on any atom is 0.161 e. The van der Waals surface area contributed by atoms with Gasteiger partial charge in [-0.3, -0.25) is 0 Å². The molecule has 0 radical (unpaired) electrons. The van der Waals surface area contributed by atoms with E-state index >= 15 is 0 Å². The fourth-order valence-electron chi connectivity index (χ4n) is 2.00. The summed E-state index contributed by atoms with van der Waals surface area (Å²) in [5.41, 5.74) is 6.10. The Hall–Kier alpha value is -1.26. The summed E-state index contributed by atoms with van der Waals surface area (Å²) in [6.07, 6.45) is 1.33. The summed E-state index contributed by atoms with van der Waals surface area (Å²) in [5.74, 6) is 1.80. The molecule has 0 saturated heterocycles. The number of rotatable bonds is 9. The Balaban J connectivity index is 2.73. The predicted molar refractivity (Wildman–Crippen MR) is 81.2 cm³/mol. The van der Waals surface area contributed by atoms with E-state index in [0.717, 1.165) is 12.8 Å². The zero-order chi connectivity index (χ0) is 15.0. The number of hydrogen-bond donors (Lipinski definition) is 2. The average Bonchev–Trinajstić information content (AvgIpc) is 2.42. The number of nitrogens with two attached hydrogens (primary N) is 1. The van der Waals surface area contributed by atoms with E-state index in [1.54, 1.807) is 0 Å². The first-order valence-corrected chi connectivity index (χ1v) is 7.33. The number of ether oxygens (including phenoxy) is 2. The van der Waals surface area contributed by atoms with E-state index < -0.39 is 6.10 Å². The summed E-state index contributed by atoms with van der Waals surface area (Å²) in [5, 5.41) is 9.49. The smallest absolute Gasteiger partial charge is 0.161 e. The number of aliphatic hydroxyl groups excluding tert-OH is 1. The van der Waals surface area contributed by atoms with E-state index in [4.69, 9.17) is 15.2 Å². The van der Waals surface area contributed by atoms with Crippen molar-refractivity contribution in [1.29, 1.82) is 0 Å². The van der Waals surface area contributed by atoms with Gasteiger partial charge >= 0.3 is 0 Å². The van der Waals surface area contributed by atoms with Crippen LogP contribution < -0.4 is 15.2 Å². The van der Waals surface area contributed by atoms with Crippen molar-refractivity contribution < 1.29 is 14.6 Å². The van der Waals surface area contributed by atoms with E-state index in [2.05, 4.69) is 20.8 Å². The normalized spacial score (nSPS) is 14.1. The Morgan fingerprint density at radius 1 is 1.20 bits per heavy atom. The first kappa shape index (κ1) is 16.8. The zero-order valence-electron chi connectivity index (χ0n) is 12.7. The molecule has 1 rings (SSSR count). The lowest BCUT2D eigenvalue weighted by Crippen LogP contribution is -2.42. The van der Waals surface area contributed by atoms with Crippen molar-refractivity contribution in [2.24, 2.45) is 11.7 Å². The summed E-state index contributed by atoms with van der Waals surface area (Å²) in [7, 11) is 0. The third-order valence-corrected chi connectivity index (χ3v) is 2.99. The Bertz CT molecular complexity index is 382. The number of para-hydroxylation sites is 2. The lowest BCUT2D eigenvalue weighted by molar-refractivity contribution is 0.0847. The predicted octanol–water partition coefficient (Wildman–Crippen LogP) is 2.59. The largest absolute Gasteiger partial charge is 0.490 e. The molecular weight excluding hydrogens is 254 g/mol. The number of hydrogen-bond acceptors (Lipinski definition) is 4. The van der Waals surface area contributed by atoms with Crippen molar-refractivity contribution in [3.8, 4) is 11.5 Å². The molecule has 20 heavy (non-hydrogen) atoms. The summed E-state index contributed by atoms with van der Waals surface area (Å²) < 4.78 is 11.5. The molecular formula is C16H27NO3. The Labute approximate surface area is 121 Å². The van der Waals surface area contributed by atoms with Gasteiger partial charge in [0.1, 0.15) is 6.10 Å². The highest BCUT2D eigenvalue weighted by atomic mass is 16.5. The van der Waals surface area contributed by atoms with Crippen LogP contribution in [0.3, 0.4) is 0 Å². The van der Waals surface area contributed by atoms with Crippen LogP contribution in [-0.2, 0) is 0 Å². The monoisotopic (exact) mass is 281 g/mol. The van der Waals surface area contributed by atoms with Crippen LogP contribution in [0.5, 0.6) is 11.5 Å². The van der Waals surface area contributed by atoms with Crippen LogP contribution >= 0.6 is 0 Å². The molecule has 0 aliphatic rings. The zero-order valence-corrected chi connectivity index (χ0v) is 12.7. The lowest BCUT2D eigenvalue weighted by Gasteiger charge is -2.25. The van der Waals surface area contributed by atoms with Gasteiger partial charge in [0.25, 0.3) is 0 Å². The van der Waals surface area contributed by atoms with Gasteiger partial charge < -0.3 is 20.3 Å². The molecule has 1 aromatic rings. The SMILES string of the molecule is CCCOc1ccccc1OC(CO)C(N)CC(C)C. The minimum Gasteiger partial charge on any atom is -0.490 e. The van der Waals surface area contributed by atoms with Gasteiger partial charge in [0, 0.05) is 6.04 Å². The van der Waals surface area contributed by atoms with Crippen LogP contribution in [-0.4, -0.2) is 30.5 Å². The van der Waals surface area contributed by atoms with Crippen LogP contribution in [0.1, 0.15) is 33.6 Å². The fraction of sp³-hybridized carbons (Fsp3) is 0.625. The molecule has 4 nitrogen and oxygen atoms in total. The summed E-state index contributed by atoms with van der Waals surface area (Å²) in [6, 6.07) is 7.30. The second kappa shape index (κ2) is 8.82. The quantitative estimate of drug-likeness (QED) is 0.730. The Morgan fingerprint density at radius 3 is 2.40 bits per heavy atom. The van der Waals surface area contributed by atoms with Gasteiger partial charge in [-0.1, -0.05) is 32.9 Å². The molecule has 0 aromatic heterocycles. The second-order valence-corrected chi connectivity index (χ2v) is 5.43. The summed E-state index contributed by atoms with van der Waals surface area (Å²) in [6.45, 7) is 6.80. The molecule has 0 heterocycles. The molecule has 2 unspecified atom stereocenters. The highest BCUT2D eigenvalue weighted by Gasteiger charge is 2.21. The Morgan fingerprint density at radius 2 is 1.85 bits per heavy atom. The van der Waals surface area contributed by atoms with E-state index in [1.807, 2.05) is 24.3 Å². The third-order valence-electron chi connectivity index (χ3n) is 2.99. The van der Waals surface area contributed by atoms with Crippen LogP contribution in [0.25, 0.3) is 0 Å². The molecule has 0 saturated carbocycles. The molecule has 0 aliphatic carbocycles. The molecule has 0 fully saturated rings. The molecule has 3 N–H and O–H groups in total. The van der Waals surface area contributed by atoms with Gasteiger partial charge in [0.05, 0.1) is 13.2 Å². The molecule has 2 atom stereocenters. The topological polar surface area (TPSA) is 64.7 Å². The van der Waals surface area contributed by atoms with Crippen molar-refractivity contribution in [3.05, 3.63) is 24.3 Å². The van der Waals surface area contributed by atoms with Gasteiger partial charge in [0.15, 0.2) is 11.5 Å². The Kier molecular flexibility index (Phi) is 7.41. The van der Waals surface area contributed by atoms with Crippen molar-refractivity contribution in [1.82, 2.24) is 0 Å². The highest BCUT2D eigenvalue weighted by Crippen LogP contribution is 2.28. The maximum atomic E-state index is 9.49. The average molecular weight is 281 g/mol. The van der Waals surface area contributed by atoms with Crippen LogP contribution in [0.15, 0.2) is 24.3 Å². The summed E-state index contributed by atoms with van der Waals surface area (Å²) in [4.78, 5) is 0. The second-order valence-electron chi connectivity index (χ2n) is 5.43. The van der Waals surface area contributed by atoms with Gasteiger partial charge in [-0.15, -0.1) is 0 Å². The third kappa shape index (κ3) is 5.39. The highest BCUT2D eigenvalue weighted by molar-refractivity contribution is 5.39. The maximum absolute atomic E-state index is 9.49. The molecule has 0 amide bonds. The molecule has 1 aromatic carbocycles. The molecule has 114 valence electrons. The van der Waals surface area contributed by atoms with Crippen LogP contribution in [0.2, 0.25) is 0 Å². The van der Waals surface area contributed by atoms with E-state index in [-0.39, 0.29) is 12.6 Å². The van der Waals surface area contributed by atoms with E-state index in [0.29, 0.717) is 24.0 Å². The van der Waals surface area contributed by atoms with Gasteiger partial charge in [0.2, 0.25) is 0 Å². The molecule has 0 spiro atoms. The number of aliphatic hydroxyl groups is 1. The van der Waals surface area contributed by atoms with E-state index in [1.165, 1.54) is 0 Å². The molecule has 0 aliphatic heterocycles. The van der Waals surface area contributed by atoms with Crippen molar-refractivity contribution in [2.75, 3.05) is 13.2 Å². The minimum atomic E-state index is -0.413. The fourth-order valence-corrected chi connectivity index (χ4v) is 2.00. The van der Waals surface area contributed by atoms with Crippen molar-refractivity contribution in [2.45, 2.75) is 45.8 Å². The van der Waals surface area contributed by atoms with Gasteiger partial charge in [-0.25, -0.2) is 0 Å². The first-order valence-electron chi connectivity index (χ1n) is 7.33. The van der Waals surface area contributed by atoms with Gasteiger partial charge in [-0.05, 0) is 30.9 Å². The standard InChI is InChI=1S/C16H27NO3/c1-4-9-19-14-7-5-6-8-15(14)20-16(11-18)13(17)10-12(2)3/h5-8,12-13,16,18H,4,9-11,17H2,1-3H3. The van der Waals surface area contributed by atoms with Gasteiger partial charge in [-0.2, -0.15) is 0 Å². The van der Waals surface area contributed by atoms with Crippen LogP contribution in [0.4, 0.5) is 0 Å². The van der Waals surface area contributed by atoms with Crippen LogP contribution in [0, 0.1) is 5.92 Å². The van der Waals surface area contributed by atoms with Crippen molar-refractivity contribution >= 4 is 0 Å². The minimum absolute atomic E-state index is 0.101. The molecule has 4 heteroatoms. The lowest BCUT2D eigenvalue weighted by atomic mass is 10.0. The number of benzene rings is 1.